The van der Waals surface area contributed by atoms with Crippen LogP contribution in [0.5, 0.6) is 0 Å². The Bertz CT molecular complexity index is 1740. The lowest BCUT2D eigenvalue weighted by atomic mass is 10.1. The van der Waals surface area contributed by atoms with Crippen LogP contribution < -0.4 is 16.0 Å². The van der Waals surface area contributed by atoms with E-state index in [4.69, 9.17) is 0 Å². The molecular formula is C31H25N5O7S. The highest BCUT2D eigenvalue weighted by Gasteiger charge is 2.16. The van der Waals surface area contributed by atoms with Crippen LogP contribution in [-0.2, 0) is 9.59 Å². The monoisotopic (exact) mass is 611 g/mol. The van der Waals surface area contributed by atoms with E-state index < -0.39 is 21.7 Å². The van der Waals surface area contributed by atoms with Gasteiger partial charge in [0.05, 0.1) is 15.6 Å². The first-order valence-electron chi connectivity index (χ1n) is 13.0. The van der Waals surface area contributed by atoms with Gasteiger partial charge in [0, 0.05) is 46.1 Å². The molecule has 4 aromatic carbocycles. The number of nitro groups is 2. The van der Waals surface area contributed by atoms with Crippen molar-refractivity contribution in [1.82, 2.24) is 5.32 Å². The lowest BCUT2D eigenvalue weighted by Gasteiger charge is -2.12. The predicted molar refractivity (Wildman–Crippen MR) is 167 cm³/mol. The topological polar surface area (TPSA) is 174 Å². The van der Waals surface area contributed by atoms with E-state index in [1.165, 1.54) is 60.3 Å². The van der Waals surface area contributed by atoms with E-state index in [1.54, 1.807) is 61.5 Å². The average molecular weight is 612 g/mol. The molecule has 0 aliphatic heterocycles. The highest BCUT2D eigenvalue weighted by Crippen LogP contribution is 2.24. The van der Waals surface area contributed by atoms with Crippen molar-refractivity contribution >= 4 is 58.3 Å². The molecule has 0 unspecified atom stereocenters. The standard InChI is InChI=1S/C31H25N5O7S/c1-20-17-25(36(42)43)13-16-27(20)33-29(37)19-44-26-14-9-23(10-15-26)32-31(39)28(34-30(38)22-5-3-2-4-6-22)18-21-7-11-24(12-8-21)35(40)41/h2-18H,19H2,1H3,(H,32,39)(H,33,37)(H,34,38)/b28-18-. The molecule has 4 aromatic rings. The van der Waals surface area contributed by atoms with Crippen LogP contribution in [0.3, 0.4) is 0 Å². The van der Waals surface area contributed by atoms with Gasteiger partial charge in [-0.2, -0.15) is 0 Å². The molecule has 0 saturated carbocycles. The number of nitrogens with zero attached hydrogens (tertiary/aromatic N) is 2. The van der Waals surface area contributed by atoms with Crippen LogP contribution >= 0.6 is 11.8 Å². The van der Waals surface area contributed by atoms with Crippen LogP contribution in [0.4, 0.5) is 22.7 Å². The summed E-state index contributed by atoms with van der Waals surface area (Å²) in [7, 11) is 0. The van der Waals surface area contributed by atoms with Gasteiger partial charge in [-0.1, -0.05) is 18.2 Å². The number of benzene rings is 4. The molecule has 0 aliphatic rings. The Morgan fingerprint density at radius 3 is 2.05 bits per heavy atom. The van der Waals surface area contributed by atoms with Crippen LogP contribution in [0.15, 0.2) is 108 Å². The average Bonchev–Trinajstić information content (AvgIpc) is 3.02. The number of carbonyl (C=O) groups is 3. The second-order valence-corrected chi connectivity index (χ2v) is 10.3. The van der Waals surface area contributed by atoms with Crippen molar-refractivity contribution in [3.63, 3.8) is 0 Å². The van der Waals surface area contributed by atoms with Gasteiger partial charge in [-0.25, -0.2) is 0 Å². The molecule has 0 aromatic heterocycles. The van der Waals surface area contributed by atoms with E-state index in [0.717, 1.165) is 4.90 Å². The molecule has 0 fully saturated rings. The van der Waals surface area contributed by atoms with Crippen molar-refractivity contribution in [1.29, 1.82) is 0 Å². The second-order valence-electron chi connectivity index (χ2n) is 9.30. The number of hydrogen-bond donors (Lipinski definition) is 3. The van der Waals surface area contributed by atoms with Gasteiger partial charge in [0.25, 0.3) is 23.2 Å². The number of thioether (sulfide) groups is 1. The fourth-order valence-corrected chi connectivity index (χ4v) is 4.57. The van der Waals surface area contributed by atoms with Gasteiger partial charge in [-0.05, 0) is 78.7 Å². The maximum absolute atomic E-state index is 13.2. The van der Waals surface area contributed by atoms with Gasteiger partial charge in [0.1, 0.15) is 5.70 Å². The van der Waals surface area contributed by atoms with Crippen molar-refractivity contribution in [2.45, 2.75) is 11.8 Å². The SMILES string of the molecule is Cc1cc([N+](=O)[O-])ccc1NC(=O)CSc1ccc(NC(=O)/C(=C/c2ccc([N+](=O)[O-])cc2)NC(=O)c2ccccc2)cc1. The molecule has 222 valence electrons. The Labute approximate surface area is 255 Å². The zero-order valence-electron chi connectivity index (χ0n) is 23.2. The van der Waals surface area contributed by atoms with E-state index in [0.29, 0.717) is 28.1 Å². The second kappa shape index (κ2) is 14.4. The smallest absolute Gasteiger partial charge is 0.272 e. The molecule has 3 N–H and O–H groups in total. The van der Waals surface area contributed by atoms with Gasteiger partial charge in [-0.15, -0.1) is 11.8 Å². The Balaban J connectivity index is 1.41. The predicted octanol–water partition coefficient (Wildman–Crippen LogP) is 5.95. The summed E-state index contributed by atoms with van der Waals surface area (Å²) in [6.45, 7) is 1.67. The number of amides is 3. The summed E-state index contributed by atoms with van der Waals surface area (Å²) >= 11 is 1.26. The number of rotatable bonds is 11. The summed E-state index contributed by atoms with van der Waals surface area (Å²) in [6.07, 6.45) is 1.41. The van der Waals surface area contributed by atoms with Crippen molar-refractivity contribution in [3.8, 4) is 0 Å². The van der Waals surface area contributed by atoms with E-state index >= 15 is 0 Å². The Morgan fingerprint density at radius 2 is 1.43 bits per heavy atom. The molecule has 0 aliphatic carbocycles. The van der Waals surface area contributed by atoms with Gasteiger partial charge in [-0.3, -0.25) is 34.6 Å². The number of nitro benzene ring substituents is 2. The Hall–Kier alpha value is -5.82. The van der Waals surface area contributed by atoms with E-state index in [2.05, 4.69) is 16.0 Å². The molecule has 44 heavy (non-hydrogen) atoms. The quantitative estimate of drug-likeness (QED) is 0.0807. The molecule has 0 spiro atoms. The summed E-state index contributed by atoms with van der Waals surface area (Å²) in [4.78, 5) is 60.1. The first-order valence-corrected chi connectivity index (χ1v) is 14.0. The van der Waals surface area contributed by atoms with E-state index in [1.807, 2.05) is 0 Å². The van der Waals surface area contributed by atoms with Crippen LogP contribution in [0.25, 0.3) is 6.08 Å². The minimum absolute atomic E-state index is 0.0606. The number of aryl methyl sites for hydroxylation is 1. The largest absolute Gasteiger partial charge is 0.325 e. The third-order valence-electron chi connectivity index (χ3n) is 6.12. The summed E-state index contributed by atoms with van der Waals surface area (Å²) in [5, 5.41) is 30.0. The number of carbonyl (C=O) groups excluding carboxylic acids is 3. The van der Waals surface area contributed by atoms with Crippen molar-refractivity contribution in [3.05, 3.63) is 140 Å². The van der Waals surface area contributed by atoms with Crippen molar-refractivity contribution < 1.29 is 24.2 Å². The number of anilines is 2. The zero-order chi connectivity index (χ0) is 31.6. The third kappa shape index (κ3) is 8.59. The van der Waals surface area contributed by atoms with Gasteiger partial charge in [0.15, 0.2) is 0 Å². The van der Waals surface area contributed by atoms with Crippen molar-refractivity contribution in [2.75, 3.05) is 16.4 Å². The molecule has 0 radical (unpaired) electrons. The van der Waals surface area contributed by atoms with E-state index in [9.17, 15) is 34.6 Å². The minimum Gasteiger partial charge on any atom is -0.325 e. The minimum atomic E-state index is -0.620. The first kappa shape index (κ1) is 31.1. The number of nitrogens with one attached hydrogen (secondary N) is 3. The first-order chi connectivity index (χ1) is 21.1. The summed E-state index contributed by atoms with van der Waals surface area (Å²) in [5.41, 5.74) is 2.02. The van der Waals surface area contributed by atoms with Gasteiger partial charge < -0.3 is 16.0 Å². The zero-order valence-corrected chi connectivity index (χ0v) is 24.0. The lowest BCUT2D eigenvalue weighted by molar-refractivity contribution is -0.385. The highest BCUT2D eigenvalue weighted by atomic mass is 32.2. The molecule has 0 heterocycles. The van der Waals surface area contributed by atoms with E-state index in [-0.39, 0.29) is 28.7 Å². The molecule has 4 rings (SSSR count). The maximum atomic E-state index is 13.2. The molecule has 13 heteroatoms. The maximum Gasteiger partial charge on any atom is 0.272 e. The Kier molecular flexibility index (Phi) is 10.2. The summed E-state index contributed by atoms with van der Waals surface area (Å²) < 4.78 is 0. The number of hydrogen-bond acceptors (Lipinski definition) is 8. The van der Waals surface area contributed by atoms with Crippen molar-refractivity contribution in [2.24, 2.45) is 0 Å². The van der Waals surface area contributed by atoms with Crippen LogP contribution in [0.1, 0.15) is 21.5 Å². The summed E-state index contributed by atoms with van der Waals surface area (Å²) in [5.74, 6) is -1.34. The summed E-state index contributed by atoms with van der Waals surface area (Å²) in [6, 6.07) is 24.8. The molecule has 0 bridgehead atoms. The lowest BCUT2D eigenvalue weighted by Crippen LogP contribution is -2.30. The highest BCUT2D eigenvalue weighted by molar-refractivity contribution is 8.00. The van der Waals surface area contributed by atoms with Crippen LogP contribution in [0.2, 0.25) is 0 Å². The van der Waals surface area contributed by atoms with Crippen LogP contribution in [0, 0.1) is 27.2 Å². The van der Waals surface area contributed by atoms with Gasteiger partial charge in [0.2, 0.25) is 5.91 Å². The molecule has 0 atom stereocenters. The normalized spacial score (nSPS) is 10.9. The van der Waals surface area contributed by atoms with Crippen LogP contribution in [-0.4, -0.2) is 33.3 Å². The molecule has 12 nitrogen and oxygen atoms in total. The molecule has 3 amide bonds. The molecular weight excluding hydrogens is 586 g/mol. The fraction of sp³-hybridized carbons (Fsp3) is 0.0645. The van der Waals surface area contributed by atoms with Gasteiger partial charge >= 0.3 is 0 Å². The Morgan fingerprint density at radius 1 is 0.795 bits per heavy atom. The molecule has 0 saturated heterocycles. The number of non-ortho nitro benzene ring substituents is 2. The third-order valence-corrected chi connectivity index (χ3v) is 7.13. The fourth-order valence-electron chi connectivity index (χ4n) is 3.87.